The Bertz CT molecular complexity index is 480. The monoisotopic (exact) mass is 271 g/mol. The summed E-state index contributed by atoms with van der Waals surface area (Å²) in [4.78, 5) is 0. The first-order valence-corrected chi connectivity index (χ1v) is 8.19. The molecule has 0 aliphatic heterocycles. The molecule has 3 rings (SSSR count). The Hall–Kier alpha value is -0.980. The predicted molar refractivity (Wildman–Crippen MR) is 87.2 cm³/mol. The highest BCUT2D eigenvalue weighted by molar-refractivity contribution is 5.47. The van der Waals surface area contributed by atoms with Gasteiger partial charge >= 0.3 is 0 Å². The first-order valence-electron chi connectivity index (χ1n) is 8.19. The summed E-state index contributed by atoms with van der Waals surface area (Å²) in [5, 5.41) is 3.87. The Balaban J connectivity index is 1.80. The summed E-state index contributed by atoms with van der Waals surface area (Å²) in [5.41, 5.74) is 3.63. The highest BCUT2D eigenvalue weighted by Crippen LogP contribution is 2.63. The Labute approximate surface area is 124 Å². The molecule has 1 aromatic carbocycles. The lowest BCUT2D eigenvalue weighted by molar-refractivity contribution is 0.155. The van der Waals surface area contributed by atoms with E-state index < -0.39 is 0 Å². The van der Waals surface area contributed by atoms with E-state index in [9.17, 15) is 0 Å². The molecular formula is C19H29N. The smallest absolute Gasteiger partial charge is 0.0368 e. The molecule has 3 atom stereocenters. The van der Waals surface area contributed by atoms with Crippen molar-refractivity contribution in [3.05, 3.63) is 29.8 Å². The summed E-state index contributed by atoms with van der Waals surface area (Å²) in [6.07, 6.45) is 4.22. The average Bonchev–Trinajstić information content (AvgIpc) is 2.86. The minimum Gasteiger partial charge on any atom is -0.381 e. The maximum Gasteiger partial charge on any atom is 0.0368 e. The zero-order valence-electron chi connectivity index (χ0n) is 13.7. The van der Waals surface area contributed by atoms with Crippen LogP contribution in [0.1, 0.15) is 65.4 Å². The van der Waals surface area contributed by atoms with Crippen LogP contribution < -0.4 is 5.32 Å². The molecule has 2 fully saturated rings. The van der Waals surface area contributed by atoms with Crippen LogP contribution in [-0.2, 0) is 0 Å². The molecule has 2 aliphatic rings. The van der Waals surface area contributed by atoms with E-state index in [0.29, 0.717) is 22.8 Å². The molecule has 0 heterocycles. The van der Waals surface area contributed by atoms with Gasteiger partial charge in [-0.2, -0.15) is 0 Å². The highest BCUT2D eigenvalue weighted by Gasteiger charge is 2.59. The van der Waals surface area contributed by atoms with Crippen molar-refractivity contribution in [3.63, 3.8) is 0 Å². The van der Waals surface area contributed by atoms with Crippen LogP contribution in [0.15, 0.2) is 24.3 Å². The van der Waals surface area contributed by atoms with E-state index in [1.165, 1.54) is 30.5 Å². The second kappa shape index (κ2) is 4.51. The standard InChI is InChI=1S/C19H29N/c1-13(2)14-6-8-16(9-7-14)20-17-18(3,4)15-10-11-19(17,5)12-15/h6-9,13,15,17,20H,10-12H2,1-5H3/t15-,17?,19+/m0/s1. The molecule has 2 bridgehead atoms. The number of hydrogen-bond acceptors (Lipinski definition) is 1. The fourth-order valence-electron chi connectivity index (χ4n) is 4.79. The molecule has 0 saturated heterocycles. The van der Waals surface area contributed by atoms with Crippen molar-refractivity contribution in [2.75, 3.05) is 5.32 Å². The van der Waals surface area contributed by atoms with Crippen LogP contribution in [0, 0.1) is 16.7 Å². The van der Waals surface area contributed by atoms with Crippen LogP contribution in [0.25, 0.3) is 0 Å². The average molecular weight is 271 g/mol. The molecule has 2 aliphatic carbocycles. The molecule has 0 spiro atoms. The highest BCUT2D eigenvalue weighted by atomic mass is 15.0. The topological polar surface area (TPSA) is 12.0 Å². The quantitative estimate of drug-likeness (QED) is 0.772. The van der Waals surface area contributed by atoms with Crippen molar-refractivity contribution < 1.29 is 0 Å². The molecule has 0 aromatic heterocycles. The lowest BCUT2D eigenvalue weighted by atomic mass is 9.68. The van der Waals surface area contributed by atoms with Crippen LogP contribution in [-0.4, -0.2) is 6.04 Å². The Kier molecular flexibility index (Phi) is 3.15. The van der Waals surface area contributed by atoms with Gasteiger partial charge in [0.05, 0.1) is 0 Å². The van der Waals surface area contributed by atoms with Gasteiger partial charge in [0.1, 0.15) is 0 Å². The predicted octanol–water partition coefficient (Wildman–Crippen LogP) is 5.44. The molecule has 1 heteroatoms. The Morgan fingerprint density at radius 2 is 1.75 bits per heavy atom. The SMILES string of the molecule is CC(C)c1ccc(NC2C(C)(C)[C@H]3CC[C@]2(C)C3)cc1. The van der Waals surface area contributed by atoms with Crippen molar-refractivity contribution in [1.29, 1.82) is 0 Å². The number of rotatable bonds is 3. The van der Waals surface area contributed by atoms with Gasteiger partial charge in [-0.05, 0) is 59.6 Å². The number of nitrogens with one attached hydrogen (secondary N) is 1. The minimum absolute atomic E-state index is 0.420. The number of anilines is 1. The normalized spacial score (nSPS) is 34.7. The number of fused-ring (bicyclic) bond motifs is 2. The summed E-state index contributed by atoms with van der Waals surface area (Å²) in [6, 6.07) is 9.69. The van der Waals surface area contributed by atoms with E-state index >= 15 is 0 Å². The molecule has 1 nitrogen and oxygen atoms in total. The second-order valence-electron chi connectivity index (χ2n) is 8.27. The molecule has 2 saturated carbocycles. The van der Waals surface area contributed by atoms with E-state index in [1.807, 2.05) is 0 Å². The van der Waals surface area contributed by atoms with Gasteiger partial charge in [0.25, 0.3) is 0 Å². The molecule has 1 N–H and O–H groups in total. The summed E-state index contributed by atoms with van der Waals surface area (Å²) in [7, 11) is 0. The van der Waals surface area contributed by atoms with E-state index in [2.05, 4.69) is 64.2 Å². The van der Waals surface area contributed by atoms with E-state index in [4.69, 9.17) is 0 Å². The van der Waals surface area contributed by atoms with Crippen LogP contribution in [0.5, 0.6) is 0 Å². The zero-order valence-corrected chi connectivity index (χ0v) is 13.7. The van der Waals surface area contributed by atoms with Gasteiger partial charge in [0.15, 0.2) is 0 Å². The van der Waals surface area contributed by atoms with E-state index in [1.54, 1.807) is 0 Å². The maximum absolute atomic E-state index is 3.87. The molecule has 0 radical (unpaired) electrons. The summed E-state index contributed by atoms with van der Waals surface area (Å²) >= 11 is 0. The number of hydrogen-bond donors (Lipinski definition) is 1. The lowest BCUT2D eigenvalue weighted by Crippen LogP contribution is -2.45. The van der Waals surface area contributed by atoms with Gasteiger partial charge in [-0.25, -0.2) is 0 Å². The van der Waals surface area contributed by atoms with E-state index in [-0.39, 0.29) is 0 Å². The third-order valence-electron chi connectivity index (χ3n) is 6.16. The molecular weight excluding hydrogens is 242 g/mol. The lowest BCUT2D eigenvalue weighted by Gasteiger charge is -2.43. The first-order chi connectivity index (χ1) is 9.33. The summed E-state index contributed by atoms with van der Waals surface area (Å²) in [5.74, 6) is 1.51. The zero-order chi connectivity index (χ0) is 14.5. The Morgan fingerprint density at radius 3 is 2.25 bits per heavy atom. The molecule has 1 aromatic rings. The fraction of sp³-hybridized carbons (Fsp3) is 0.684. The third-order valence-corrected chi connectivity index (χ3v) is 6.16. The van der Waals surface area contributed by atoms with Gasteiger partial charge in [-0.1, -0.05) is 46.8 Å². The van der Waals surface area contributed by atoms with Gasteiger partial charge in [0.2, 0.25) is 0 Å². The molecule has 20 heavy (non-hydrogen) atoms. The number of benzene rings is 1. The summed E-state index contributed by atoms with van der Waals surface area (Å²) < 4.78 is 0. The van der Waals surface area contributed by atoms with Crippen LogP contribution in [0.4, 0.5) is 5.69 Å². The van der Waals surface area contributed by atoms with Gasteiger partial charge in [0, 0.05) is 11.7 Å². The molecule has 0 amide bonds. The largest absolute Gasteiger partial charge is 0.381 e. The fourth-order valence-corrected chi connectivity index (χ4v) is 4.79. The maximum atomic E-state index is 3.87. The summed E-state index contributed by atoms with van der Waals surface area (Å²) in [6.45, 7) is 11.9. The van der Waals surface area contributed by atoms with Crippen LogP contribution in [0.3, 0.4) is 0 Å². The van der Waals surface area contributed by atoms with E-state index in [0.717, 1.165) is 5.92 Å². The second-order valence-corrected chi connectivity index (χ2v) is 8.27. The van der Waals surface area contributed by atoms with Crippen LogP contribution in [0.2, 0.25) is 0 Å². The van der Waals surface area contributed by atoms with Gasteiger partial charge in [-0.15, -0.1) is 0 Å². The van der Waals surface area contributed by atoms with Crippen molar-refractivity contribution in [2.45, 2.75) is 65.8 Å². The van der Waals surface area contributed by atoms with Gasteiger partial charge in [-0.3, -0.25) is 0 Å². The van der Waals surface area contributed by atoms with Crippen molar-refractivity contribution in [3.8, 4) is 0 Å². The Morgan fingerprint density at radius 1 is 1.10 bits per heavy atom. The van der Waals surface area contributed by atoms with Crippen molar-refractivity contribution in [1.82, 2.24) is 0 Å². The van der Waals surface area contributed by atoms with Crippen LogP contribution >= 0.6 is 0 Å². The van der Waals surface area contributed by atoms with Gasteiger partial charge < -0.3 is 5.32 Å². The minimum atomic E-state index is 0.420. The van der Waals surface area contributed by atoms with Crippen molar-refractivity contribution in [2.24, 2.45) is 16.7 Å². The van der Waals surface area contributed by atoms with Crippen molar-refractivity contribution >= 4 is 5.69 Å². The first kappa shape index (κ1) is 14.0. The molecule has 110 valence electrons. The molecule has 1 unspecified atom stereocenters. The third kappa shape index (κ3) is 2.06.